The minimum Gasteiger partial charge on any atom is -0.480 e. The molecule has 0 saturated heterocycles. The average molecular weight is 414 g/mol. The molecule has 0 aliphatic rings. The Kier molecular flexibility index (Phi) is 16.3. The fourth-order valence-electron chi connectivity index (χ4n) is 1.62. The van der Waals surface area contributed by atoms with Gasteiger partial charge in [0.2, 0.25) is 0 Å². The number of rotatable bonds is 9. The number of carboxylic acid groups (broad SMARTS) is 3. The largest absolute Gasteiger partial charge is 0.480 e. The molecule has 1 aromatic carbocycles. The highest BCUT2D eigenvalue weighted by atomic mass is 16.4. The summed E-state index contributed by atoms with van der Waals surface area (Å²) in [7, 11) is 0. The third kappa shape index (κ3) is 19.3. The summed E-state index contributed by atoms with van der Waals surface area (Å²) < 4.78 is 0. The molecule has 12 nitrogen and oxygen atoms in total. The Morgan fingerprint density at radius 1 is 1.00 bits per heavy atom. The highest BCUT2D eigenvalue weighted by molar-refractivity contribution is 5.74. The lowest BCUT2D eigenvalue weighted by molar-refractivity contribution is -0.139. The van der Waals surface area contributed by atoms with Crippen LogP contribution in [0.25, 0.3) is 0 Å². The monoisotopic (exact) mass is 414 g/mol. The number of carbonyl (C=O) groups is 3. The molecule has 0 aromatic heterocycles. The molecule has 0 unspecified atom stereocenters. The number of hydrogen-bond donors (Lipinski definition) is 9. The molecule has 0 saturated carbocycles. The van der Waals surface area contributed by atoms with Crippen LogP contribution in [-0.2, 0) is 20.8 Å². The minimum atomic E-state index is -1.00. The summed E-state index contributed by atoms with van der Waals surface area (Å²) in [5.41, 5.74) is 21.1. The van der Waals surface area contributed by atoms with E-state index in [2.05, 4.69) is 11.1 Å². The van der Waals surface area contributed by atoms with Crippen molar-refractivity contribution >= 4 is 23.9 Å². The van der Waals surface area contributed by atoms with Gasteiger partial charge in [0.15, 0.2) is 5.96 Å². The van der Waals surface area contributed by atoms with Crippen LogP contribution >= 0.6 is 0 Å². The molecule has 0 fully saturated rings. The van der Waals surface area contributed by atoms with Gasteiger partial charge in [-0.15, -0.1) is 0 Å². The van der Waals surface area contributed by atoms with Gasteiger partial charge in [0.25, 0.3) is 0 Å². The summed E-state index contributed by atoms with van der Waals surface area (Å²) in [6.45, 7) is 0.205. The topological polar surface area (TPSA) is 252 Å². The molecule has 1 rings (SSSR count). The molecule has 13 N–H and O–H groups in total. The average Bonchev–Trinajstić information content (AvgIpc) is 2.66. The molecule has 0 spiro atoms. The predicted molar refractivity (Wildman–Crippen MR) is 107 cm³/mol. The first-order valence-corrected chi connectivity index (χ1v) is 8.51. The van der Waals surface area contributed by atoms with Crippen molar-refractivity contribution in [2.45, 2.75) is 31.3 Å². The molecule has 0 radical (unpaired) electrons. The Bertz CT molecular complexity index is 628. The van der Waals surface area contributed by atoms with E-state index in [1.165, 1.54) is 0 Å². The van der Waals surface area contributed by atoms with E-state index in [-0.39, 0.29) is 12.5 Å². The van der Waals surface area contributed by atoms with Gasteiger partial charge in [-0.1, -0.05) is 30.3 Å². The first-order chi connectivity index (χ1) is 13.5. The first kappa shape index (κ1) is 28.0. The normalized spacial score (nSPS) is 11.4. The van der Waals surface area contributed by atoms with Crippen molar-refractivity contribution in [1.29, 1.82) is 5.41 Å². The SMILES string of the molecule is N=C(N)NCCC[C@H](N)C(=O)O.NCC(=O)O.N[C@@H](Cc1ccccc1)C(=O)O. The van der Waals surface area contributed by atoms with Crippen LogP contribution in [0, 0.1) is 5.41 Å². The zero-order valence-corrected chi connectivity index (χ0v) is 16.0. The first-order valence-electron chi connectivity index (χ1n) is 8.51. The minimum absolute atomic E-state index is 0.112. The predicted octanol–water partition coefficient (Wildman–Crippen LogP) is -1.67. The molecular weight excluding hydrogens is 384 g/mol. The third-order valence-electron chi connectivity index (χ3n) is 3.11. The maximum Gasteiger partial charge on any atom is 0.320 e. The summed E-state index contributed by atoms with van der Waals surface area (Å²) in [5.74, 6) is -3.04. The molecule has 0 amide bonds. The summed E-state index contributed by atoms with van der Waals surface area (Å²) in [4.78, 5) is 29.8. The number of hydrogen-bond acceptors (Lipinski definition) is 7. The van der Waals surface area contributed by atoms with Gasteiger partial charge in [-0.25, -0.2) is 0 Å². The van der Waals surface area contributed by atoms with Gasteiger partial charge in [-0.3, -0.25) is 19.8 Å². The molecule has 2 atom stereocenters. The van der Waals surface area contributed by atoms with Gasteiger partial charge in [0.05, 0.1) is 6.54 Å². The van der Waals surface area contributed by atoms with E-state index in [9.17, 15) is 14.4 Å². The smallest absolute Gasteiger partial charge is 0.320 e. The van der Waals surface area contributed by atoms with Crippen molar-refractivity contribution in [3.63, 3.8) is 0 Å². The van der Waals surface area contributed by atoms with Gasteiger partial charge < -0.3 is 43.6 Å². The number of nitrogens with two attached hydrogens (primary N) is 4. The van der Waals surface area contributed by atoms with Crippen LogP contribution in [0.1, 0.15) is 18.4 Å². The Morgan fingerprint density at radius 3 is 1.86 bits per heavy atom. The highest BCUT2D eigenvalue weighted by Gasteiger charge is 2.11. The summed E-state index contributed by atoms with van der Waals surface area (Å²) in [5, 5.41) is 33.8. The number of aliphatic carboxylic acids is 3. The van der Waals surface area contributed by atoms with E-state index in [4.69, 9.17) is 37.9 Å². The molecule has 0 aliphatic carbocycles. The molecule has 29 heavy (non-hydrogen) atoms. The molecule has 0 heterocycles. The van der Waals surface area contributed by atoms with Crippen molar-refractivity contribution < 1.29 is 29.7 Å². The summed E-state index contributed by atoms with van der Waals surface area (Å²) in [6, 6.07) is 7.72. The lowest BCUT2D eigenvalue weighted by Gasteiger charge is -2.06. The van der Waals surface area contributed by atoms with Crippen LogP contribution in [0.3, 0.4) is 0 Å². The Morgan fingerprint density at radius 2 is 1.48 bits per heavy atom. The van der Waals surface area contributed by atoms with E-state index in [1.807, 2.05) is 30.3 Å². The summed E-state index contributed by atoms with van der Waals surface area (Å²) in [6.07, 6.45) is 1.36. The van der Waals surface area contributed by atoms with Crippen LogP contribution in [0.2, 0.25) is 0 Å². The number of carboxylic acids is 3. The molecule has 12 heteroatoms. The van der Waals surface area contributed by atoms with Crippen molar-refractivity contribution in [2.75, 3.05) is 13.1 Å². The molecule has 0 aliphatic heterocycles. The summed E-state index contributed by atoms with van der Waals surface area (Å²) >= 11 is 0. The molecule has 1 aromatic rings. The van der Waals surface area contributed by atoms with E-state index < -0.39 is 30.0 Å². The van der Waals surface area contributed by atoms with Crippen molar-refractivity contribution in [3.05, 3.63) is 35.9 Å². The van der Waals surface area contributed by atoms with Crippen molar-refractivity contribution in [3.8, 4) is 0 Å². The number of benzene rings is 1. The highest BCUT2D eigenvalue weighted by Crippen LogP contribution is 2.01. The van der Waals surface area contributed by atoms with Gasteiger partial charge in [-0.2, -0.15) is 0 Å². The van der Waals surface area contributed by atoms with Gasteiger partial charge >= 0.3 is 17.9 Å². The van der Waals surface area contributed by atoms with Gasteiger partial charge in [0, 0.05) is 6.54 Å². The maximum absolute atomic E-state index is 10.4. The lowest BCUT2D eigenvalue weighted by Crippen LogP contribution is -2.34. The Hall–Kier alpha value is -3.22. The van der Waals surface area contributed by atoms with Crippen molar-refractivity contribution in [2.24, 2.45) is 22.9 Å². The van der Waals surface area contributed by atoms with E-state index in [0.717, 1.165) is 5.56 Å². The Labute approximate surface area is 168 Å². The quantitative estimate of drug-likeness (QED) is 0.125. The number of guanidine groups is 1. The van der Waals surface area contributed by atoms with E-state index in [0.29, 0.717) is 25.8 Å². The van der Waals surface area contributed by atoms with E-state index >= 15 is 0 Å². The Balaban J connectivity index is 0. The second-order valence-electron chi connectivity index (χ2n) is 5.66. The second kappa shape index (κ2) is 16.9. The molecule has 164 valence electrons. The second-order valence-corrected chi connectivity index (χ2v) is 5.66. The fraction of sp³-hybridized carbons (Fsp3) is 0.412. The van der Waals surface area contributed by atoms with Crippen LogP contribution in [0.15, 0.2) is 30.3 Å². The van der Waals surface area contributed by atoms with Gasteiger partial charge in [-0.05, 0) is 24.8 Å². The molecule has 0 bridgehead atoms. The van der Waals surface area contributed by atoms with Crippen LogP contribution in [0.4, 0.5) is 0 Å². The van der Waals surface area contributed by atoms with Gasteiger partial charge in [0.1, 0.15) is 12.1 Å². The lowest BCUT2D eigenvalue weighted by atomic mass is 10.1. The molecular formula is C17H30N6O6. The van der Waals surface area contributed by atoms with Crippen LogP contribution in [0.5, 0.6) is 0 Å². The zero-order valence-electron chi connectivity index (χ0n) is 16.0. The maximum atomic E-state index is 10.4. The van der Waals surface area contributed by atoms with Crippen LogP contribution in [-0.4, -0.2) is 64.4 Å². The third-order valence-corrected chi connectivity index (χ3v) is 3.11. The van der Waals surface area contributed by atoms with Crippen molar-refractivity contribution in [1.82, 2.24) is 5.32 Å². The van der Waals surface area contributed by atoms with Crippen LogP contribution < -0.4 is 28.3 Å². The standard InChI is InChI=1S/C9H11NO2.C6H14N4O2.C2H5NO2/c10-8(9(11)12)6-7-4-2-1-3-5-7;7-4(5(11)12)2-1-3-10-6(8)9;3-1-2(4)5/h1-5,8H,6,10H2,(H,11,12);4H,1-3,7H2,(H,11,12)(H4,8,9,10);1,3H2,(H,4,5)/t8-;4-;/m00./s1. The zero-order chi connectivity index (χ0) is 22.8. The van der Waals surface area contributed by atoms with E-state index in [1.54, 1.807) is 0 Å². The fourth-order valence-corrected chi connectivity index (χ4v) is 1.62. The number of nitrogens with one attached hydrogen (secondary N) is 2.